The SMILES string of the molecule is CC1CCCCC1N(C)c1ccc(CCl)c(C(F)(F)F)c1. The first kappa shape index (κ1) is 16.5. The molecule has 0 N–H and O–H groups in total. The third-order valence-electron chi connectivity index (χ3n) is 4.51. The average Bonchev–Trinajstić information content (AvgIpc) is 2.45. The lowest BCUT2D eigenvalue weighted by molar-refractivity contribution is -0.138. The lowest BCUT2D eigenvalue weighted by Gasteiger charge is -2.38. The van der Waals surface area contributed by atoms with Crippen LogP contribution in [0.3, 0.4) is 0 Å². The molecule has 0 saturated heterocycles. The first-order valence-corrected chi connectivity index (χ1v) is 7.87. The number of halogens is 4. The van der Waals surface area contributed by atoms with Crippen molar-refractivity contribution in [1.29, 1.82) is 0 Å². The maximum absolute atomic E-state index is 13.1. The zero-order valence-electron chi connectivity index (χ0n) is 12.4. The summed E-state index contributed by atoms with van der Waals surface area (Å²) in [7, 11) is 1.89. The molecule has 2 unspecified atom stereocenters. The van der Waals surface area contributed by atoms with Crippen LogP contribution in [0.15, 0.2) is 18.2 Å². The topological polar surface area (TPSA) is 3.24 Å². The fourth-order valence-corrected chi connectivity index (χ4v) is 3.46. The van der Waals surface area contributed by atoms with Crippen LogP contribution in [0.5, 0.6) is 0 Å². The third-order valence-corrected chi connectivity index (χ3v) is 4.80. The predicted molar refractivity (Wildman–Crippen MR) is 80.8 cm³/mol. The lowest BCUT2D eigenvalue weighted by atomic mass is 9.85. The minimum atomic E-state index is -4.36. The molecule has 1 saturated carbocycles. The highest BCUT2D eigenvalue weighted by molar-refractivity contribution is 6.17. The van der Waals surface area contributed by atoms with Gasteiger partial charge >= 0.3 is 6.18 Å². The monoisotopic (exact) mass is 319 g/mol. The van der Waals surface area contributed by atoms with Crippen molar-refractivity contribution in [2.45, 2.75) is 50.7 Å². The summed E-state index contributed by atoms with van der Waals surface area (Å²) in [5.74, 6) is 0.379. The molecule has 2 rings (SSSR count). The summed E-state index contributed by atoms with van der Waals surface area (Å²) in [5, 5.41) is 0. The zero-order chi connectivity index (χ0) is 15.6. The van der Waals surface area contributed by atoms with Gasteiger partial charge in [-0.3, -0.25) is 0 Å². The van der Waals surface area contributed by atoms with E-state index in [-0.39, 0.29) is 11.4 Å². The number of hydrogen-bond acceptors (Lipinski definition) is 1. The molecular weight excluding hydrogens is 299 g/mol. The molecule has 1 fully saturated rings. The molecule has 1 aromatic carbocycles. The third kappa shape index (κ3) is 3.65. The second kappa shape index (κ2) is 6.47. The largest absolute Gasteiger partial charge is 0.416 e. The van der Waals surface area contributed by atoms with Crippen molar-refractivity contribution in [3.05, 3.63) is 29.3 Å². The Bertz CT molecular complexity index is 487. The van der Waals surface area contributed by atoms with Crippen molar-refractivity contribution in [2.75, 3.05) is 11.9 Å². The van der Waals surface area contributed by atoms with Crippen LogP contribution < -0.4 is 4.90 Å². The molecule has 1 aliphatic carbocycles. The number of hydrogen-bond donors (Lipinski definition) is 0. The van der Waals surface area contributed by atoms with Crippen LogP contribution in [0.1, 0.15) is 43.7 Å². The van der Waals surface area contributed by atoms with Crippen LogP contribution >= 0.6 is 11.6 Å². The van der Waals surface area contributed by atoms with E-state index >= 15 is 0 Å². The Morgan fingerprint density at radius 1 is 1.24 bits per heavy atom. The molecule has 1 aromatic rings. The second-order valence-electron chi connectivity index (χ2n) is 5.91. The molecule has 0 bridgehead atoms. The van der Waals surface area contributed by atoms with E-state index in [0.717, 1.165) is 19.3 Å². The second-order valence-corrected chi connectivity index (χ2v) is 6.18. The van der Waals surface area contributed by atoms with E-state index in [2.05, 4.69) is 6.92 Å². The van der Waals surface area contributed by atoms with E-state index in [0.29, 0.717) is 17.6 Å². The number of rotatable bonds is 3. The van der Waals surface area contributed by atoms with Gasteiger partial charge < -0.3 is 4.90 Å². The van der Waals surface area contributed by atoms with Gasteiger partial charge in [-0.15, -0.1) is 11.6 Å². The van der Waals surface area contributed by atoms with Crippen molar-refractivity contribution < 1.29 is 13.2 Å². The lowest BCUT2D eigenvalue weighted by Crippen LogP contribution is -2.39. The van der Waals surface area contributed by atoms with Crippen molar-refractivity contribution in [2.24, 2.45) is 5.92 Å². The summed E-state index contributed by atoms with van der Waals surface area (Å²) in [6, 6.07) is 4.78. The molecular formula is C16H21ClF3N. The van der Waals surface area contributed by atoms with E-state index in [1.165, 1.54) is 18.6 Å². The van der Waals surface area contributed by atoms with Gasteiger partial charge in [0.05, 0.1) is 5.56 Å². The fourth-order valence-electron chi connectivity index (χ4n) is 3.23. The minimum absolute atomic E-state index is 0.126. The molecule has 0 radical (unpaired) electrons. The quantitative estimate of drug-likeness (QED) is 0.669. The predicted octanol–water partition coefficient (Wildman–Crippen LogP) is 5.46. The van der Waals surface area contributed by atoms with Gasteiger partial charge in [0.1, 0.15) is 0 Å². The molecule has 21 heavy (non-hydrogen) atoms. The smallest absolute Gasteiger partial charge is 0.371 e. The number of nitrogens with zero attached hydrogens (tertiary/aromatic N) is 1. The molecule has 1 aliphatic rings. The molecule has 2 atom stereocenters. The van der Waals surface area contributed by atoms with Gasteiger partial charge in [0.25, 0.3) is 0 Å². The van der Waals surface area contributed by atoms with Gasteiger partial charge in [-0.25, -0.2) is 0 Å². The van der Waals surface area contributed by atoms with Crippen LogP contribution in [-0.4, -0.2) is 13.1 Å². The maximum Gasteiger partial charge on any atom is 0.416 e. The molecule has 5 heteroatoms. The average molecular weight is 320 g/mol. The number of anilines is 1. The minimum Gasteiger partial charge on any atom is -0.371 e. The van der Waals surface area contributed by atoms with Crippen LogP contribution in [0.4, 0.5) is 18.9 Å². The van der Waals surface area contributed by atoms with Crippen LogP contribution in [0.2, 0.25) is 0 Å². The first-order chi connectivity index (χ1) is 9.84. The Kier molecular flexibility index (Phi) is 5.07. The molecule has 1 nitrogen and oxygen atoms in total. The molecule has 0 amide bonds. The number of benzene rings is 1. The van der Waals surface area contributed by atoms with Gasteiger partial charge in [-0.1, -0.05) is 25.8 Å². The Labute approximate surface area is 129 Å². The summed E-state index contributed by atoms with van der Waals surface area (Å²) in [6.07, 6.45) is 0.173. The zero-order valence-corrected chi connectivity index (χ0v) is 13.1. The molecule has 118 valence electrons. The van der Waals surface area contributed by atoms with Crippen molar-refractivity contribution >= 4 is 17.3 Å². The van der Waals surface area contributed by atoms with Crippen molar-refractivity contribution in [1.82, 2.24) is 0 Å². The maximum atomic E-state index is 13.1. The molecule has 0 spiro atoms. The van der Waals surface area contributed by atoms with E-state index in [1.807, 2.05) is 11.9 Å². The summed E-state index contributed by atoms with van der Waals surface area (Å²) >= 11 is 5.63. The van der Waals surface area contributed by atoms with Gasteiger partial charge in [0.15, 0.2) is 0 Å². The van der Waals surface area contributed by atoms with Gasteiger partial charge in [-0.05, 0) is 36.5 Å². The standard InChI is InChI=1S/C16H21ClF3N/c1-11-5-3-4-6-15(11)21(2)13-8-7-12(10-17)14(9-13)16(18,19)20/h7-9,11,15H,3-6,10H2,1-2H3. The fraction of sp³-hybridized carbons (Fsp3) is 0.625. The summed E-state index contributed by atoms with van der Waals surface area (Å²) in [6.45, 7) is 2.18. The van der Waals surface area contributed by atoms with Gasteiger partial charge in [-0.2, -0.15) is 13.2 Å². The summed E-state index contributed by atoms with van der Waals surface area (Å²) in [5.41, 5.74) is 0.137. The normalized spacial score (nSPS) is 23.1. The van der Waals surface area contributed by atoms with Crippen molar-refractivity contribution in [3.8, 4) is 0 Å². The molecule has 0 aliphatic heterocycles. The van der Waals surface area contributed by atoms with E-state index in [4.69, 9.17) is 11.6 Å². The van der Waals surface area contributed by atoms with E-state index in [1.54, 1.807) is 6.07 Å². The van der Waals surface area contributed by atoms with Crippen LogP contribution in [0.25, 0.3) is 0 Å². The highest BCUT2D eigenvalue weighted by Crippen LogP contribution is 2.37. The Hall–Kier alpha value is -0.900. The highest BCUT2D eigenvalue weighted by atomic mass is 35.5. The molecule has 0 heterocycles. The highest BCUT2D eigenvalue weighted by Gasteiger charge is 2.34. The van der Waals surface area contributed by atoms with Crippen LogP contribution in [0, 0.1) is 5.92 Å². The Balaban J connectivity index is 2.31. The number of alkyl halides is 4. The summed E-state index contributed by atoms with van der Waals surface area (Å²) in [4.78, 5) is 2.00. The first-order valence-electron chi connectivity index (χ1n) is 7.33. The van der Waals surface area contributed by atoms with E-state index < -0.39 is 11.7 Å². The molecule has 0 aromatic heterocycles. The summed E-state index contributed by atoms with van der Waals surface area (Å²) < 4.78 is 39.4. The van der Waals surface area contributed by atoms with Crippen molar-refractivity contribution in [3.63, 3.8) is 0 Å². The Morgan fingerprint density at radius 2 is 1.90 bits per heavy atom. The Morgan fingerprint density at radius 3 is 2.48 bits per heavy atom. The van der Waals surface area contributed by atoms with Gasteiger partial charge in [0.2, 0.25) is 0 Å². The van der Waals surface area contributed by atoms with Gasteiger partial charge in [0, 0.05) is 24.7 Å². The van der Waals surface area contributed by atoms with E-state index in [9.17, 15) is 13.2 Å². The van der Waals surface area contributed by atoms with Crippen LogP contribution in [-0.2, 0) is 12.1 Å².